The number of hydrogen-bond acceptors (Lipinski definition) is 3. The third kappa shape index (κ3) is 2.44. The number of rotatable bonds is 6. The molecule has 1 aromatic heterocycles. The summed E-state index contributed by atoms with van der Waals surface area (Å²) in [4.78, 5) is 0. The summed E-state index contributed by atoms with van der Waals surface area (Å²) in [5.74, 6) is 0.559. The van der Waals surface area contributed by atoms with E-state index >= 15 is 0 Å². The number of aromatic amines is 1. The van der Waals surface area contributed by atoms with Crippen molar-refractivity contribution in [1.29, 1.82) is 0 Å². The van der Waals surface area contributed by atoms with Crippen molar-refractivity contribution in [3.05, 3.63) is 12.3 Å². The van der Waals surface area contributed by atoms with E-state index in [0.717, 1.165) is 19.3 Å². The van der Waals surface area contributed by atoms with E-state index in [4.69, 9.17) is 0 Å². The van der Waals surface area contributed by atoms with Gasteiger partial charge in [0.25, 0.3) is 10.0 Å². The highest BCUT2D eigenvalue weighted by molar-refractivity contribution is 7.89. The maximum Gasteiger partial charge on any atom is 0.259 e. The second-order valence-electron chi connectivity index (χ2n) is 4.23. The van der Waals surface area contributed by atoms with E-state index in [1.54, 1.807) is 4.31 Å². The molecule has 1 heterocycles. The number of nitrogens with one attached hydrogen (secondary N) is 1. The Balaban J connectivity index is 2.16. The Hall–Kier alpha value is -0.880. The van der Waals surface area contributed by atoms with Crippen molar-refractivity contribution in [3.8, 4) is 0 Å². The molecule has 1 aliphatic carbocycles. The lowest BCUT2D eigenvalue weighted by atomic mass is 10.4. The normalized spacial score (nSPS) is 16.9. The smallest absolute Gasteiger partial charge is 0.259 e. The summed E-state index contributed by atoms with van der Waals surface area (Å²) >= 11 is 0. The minimum absolute atomic E-state index is 0.196. The average molecular weight is 243 g/mol. The Morgan fingerprint density at radius 2 is 2.31 bits per heavy atom. The summed E-state index contributed by atoms with van der Waals surface area (Å²) in [6.07, 6.45) is 4.60. The van der Waals surface area contributed by atoms with Crippen LogP contribution in [0.5, 0.6) is 0 Å². The molecule has 2 rings (SSSR count). The summed E-state index contributed by atoms with van der Waals surface area (Å²) < 4.78 is 26.0. The summed E-state index contributed by atoms with van der Waals surface area (Å²) in [6.45, 7) is 3.22. The number of H-pyrrole nitrogens is 1. The number of sulfonamides is 1. The Bertz CT molecular complexity index is 423. The summed E-state index contributed by atoms with van der Waals surface area (Å²) in [5.41, 5.74) is 0. The van der Waals surface area contributed by atoms with Gasteiger partial charge >= 0.3 is 0 Å². The number of aromatic nitrogens is 2. The molecular formula is C10H17N3O2S. The molecule has 0 radical (unpaired) electrons. The molecule has 0 atom stereocenters. The van der Waals surface area contributed by atoms with Crippen LogP contribution in [0.2, 0.25) is 0 Å². The van der Waals surface area contributed by atoms with Crippen molar-refractivity contribution in [3.63, 3.8) is 0 Å². The second-order valence-corrected chi connectivity index (χ2v) is 6.13. The van der Waals surface area contributed by atoms with Gasteiger partial charge in [0.15, 0.2) is 5.03 Å². The zero-order chi connectivity index (χ0) is 11.6. The van der Waals surface area contributed by atoms with Crippen LogP contribution in [0.1, 0.15) is 26.2 Å². The Labute approximate surface area is 95.9 Å². The standard InChI is InChI=1S/C10H17N3O2S/c1-2-7-13(8-9-3-4-9)16(14,15)10-5-6-11-12-10/h5-6,9H,2-4,7-8H2,1H3,(H,11,12). The third-order valence-electron chi connectivity index (χ3n) is 2.72. The summed E-state index contributed by atoms with van der Waals surface area (Å²) in [7, 11) is -3.36. The largest absolute Gasteiger partial charge is 0.266 e. The van der Waals surface area contributed by atoms with Crippen LogP contribution < -0.4 is 0 Å². The molecule has 0 spiro atoms. The van der Waals surface area contributed by atoms with Gasteiger partial charge in [-0.3, -0.25) is 5.10 Å². The molecule has 16 heavy (non-hydrogen) atoms. The molecule has 5 nitrogen and oxygen atoms in total. The first-order valence-corrected chi connectivity index (χ1v) is 7.08. The molecule has 6 heteroatoms. The SMILES string of the molecule is CCCN(CC1CC1)S(=O)(=O)c1ccn[nH]1. The molecule has 1 saturated carbocycles. The Morgan fingerprint density at radius 1 is 1.56 bits per heavy atom. The zero-order valence-corrected chi connectivity index (χ0v) is 10.2. The second kappa shape index (κ2) is 4.55. The topological polar surface area (TPSA) is 66.1 Å². The van der Waals surface area contributed by atoms with Gasteiger partial charge in [0.1, 0.15) is 0 Å². The third-order valence-corrected chi connectivity index (χ3v) is 4.52. The lowest BCUT2D eigenvalue weighted by Crippen LogP contribution is -2.33. The molecular weight excluding hydrogens is 226 g/mol. The van der Waals surface area contributed by atoms with Crippen molar-refractivity contribution in [2.75, 3.05) is 13.1 Å². The number of hydrogen-bond donors (Lipinski definition) is 1. The van der Waals surface area contributed by atoms with Gasteiger partial charge in [-0.1, -0.05) is 6.92 Å². The molecule has 90 valence electrons. The van der Waals surface area contributed by atoms with Crippen molar-refractivity contribution in [2.24, 2.45) is 5.92 Å². The molecule has 1 aliphatic rings. The fourth-order valence-corrected chi connectivity index (χ4v) is 3.18. The van der Waals surface area contributed by atoms with Crippen LogP contribution in [-0.4, -0.2) is 36.0 Å². The van der Waals surface area contributed by atoms with Crippen LogP contribution in [0.3, 0.4) is 0 Å². The maximum atomic E-state index is 12.2. The summed E-state index contributed by atoms with van der Waals surface area (Å²) in [6, 6.07) is 1.50. The first-order valence-electron chi connectivity index (χ1n) is 5.64. The molecule has 1 N–H and O–H groups in total. The highest BCUT2D eigenvalue weighted by Crippen LogP contribution is 2.31. The van der Waals surface area contributed by atoms with Crippen molar-refractivity contribution < 1.29 is 8.42 Å². The highest BCUT2D eigenvalue weighted by Gasteiger charge is 2.31. The molecule has 0 saturated heterocycles. The molecule has 1 fully saturated rings. The van der Waals surface area contributed by atoms with Crippen LogP contribution >= 0.6 is 0 Å². The first kappa shape index (κ1) is 11.6. The molecule has 0 aliphatic heterocycles. The van der Waals surface area contributed by atoms with E-state index in [1.165, 1.54) is 12.3 Å². The quantitative estimate of drug-likeness (QED) is 0.817. The van der Waals surface area contributed by atoms with E-state index in [1.807, 2.05) is 6.92 Å². The fraction of sp³-hybridized carbons (Fsp3) is 0.700. The van der Waals surface area contributed by atoms with E-state index in [-0.39, 0.29) is 5.03 Å². The van der Waals surface area contributed by atoms with Gasteiger partial charge in [-0.15, -0.1) is 0 Å². The summed E-state index contributed by atoms with van der Waals surface area (Å²) in [5, 5.41) is 6.42. The van der Waals surface area contributed by atoms with E-state index in [9.17, 15) is 8.42 Å². The van der Waals surface area contributed by atoms with Gasteiger partial charge < -0.3 is 0 Å². The van der Waals surface area contributed by atoms with Crippen LogP contribution in [0.4, 0.5) is 0 Å². The molecule has 0 bridgehead atoms. The number of nitrogens with zero attached hydrogens (tertiary/aromatic N) is 2. The van der Waals surface area contributed by atoms with Gasteiger partial charge in [-0.05, 0) is 31.2 Å². The predicted molar refractivity (Wildman–Crippen MR) is 60.4 cm³/mol. The van der Waals surface area contributed by atoms with E-state index < -0.39 is 10.0 Å². The van der Waals surface area contributed by atoms with Gasteiger partial charge in [0, 0.05) is 13.1 Å². The predicted octanol–water partition coefficient (Wildman–Crippen LogP) is 1.22. The maximum absolute atomic E-state index is 12.2. The van der Waals surface area contributed by atoms with Crippen molar-refractivity contribution in [2.45, 2.75) is 31.2 Å². The monoisotopic (exact) mass is 243 g/mol. The first-order chi connectivity index (χ1) is 7.64. The van der Waals surface area contributed by atoms with Crippen LogP contribution in [-0.2, 0) is 10.0 Å². The van der Waals surface area contributed by atoms with Gasteiger partial charge in [0.05, 0.1) is 6.20 Å². The zero-order valence-electron chi connectivity index (χ0n) is 9.39. The lowest BCUT2D eigenvalue weighted by molar-refractivity contribution is 0.394. The minimum Gasteiger partial charge on any atom is -0.266 e. The average Bonchev–Trinajstić information content (AvgIpc) is 2.89. The highest BCUT2D eigenvalue weighted by atomic mass is 32.2. The lowest BCUT2D eigenvalue weighted by Gasteiger charge is -2.20. The van der Waals surface area contributed by atoms with Crippen LogP contribution in [0.15, 0.2) is 17.3 Å². The van der Waals surface area contributed by atoms with Crippen LogP contribution in [0.25, 0.3) is 0 Å². The van der Waals surface area contributed by atoms with Gasteiger partial charge in [-0.2, -0.15) is 9.40 Å². The molecule has 0 amide bonds. The van der Waals surface area contributed by atoms with E-state index in [2.05, 4.69) is 10.2 Å². The molecule has 0 aromatic carbocycles. The van der Waals surface area contributed by atoms with E-state index in [0.29, 0.717) is 19.0 Å². The van der Waals surface area contributed by atoms with Crippen LogP contribution in [0, 0.1) is 5.92 Å². The van der Waals surface area contributed by atoms with Crippen molar-refractivity contribution >= 4 is 10.0 Å². The Kier molecular flexibility index (Phi) is 3.30. The van der Waals surface area contributed by atoms with Gasteiger partial charge in [0.2, 0.25) is 0 Å². The van der Waals surface area contributed by atoms with Crippen molar-refractivity contribution in [1.82, 2.24) is 14.5 Å². The van der Waals surface area contributed by atoms with Gasteiger partial charge in [-0.25, -0.2) is 8.42 Å². The minimum atomic E-state index is -3.36. The molecule has 0 unspecified atom stereocenters. The fourth-order valence-electron chi connectivity index (χ4n) is 1.67. The molecule has 1 aromatic rings. The Morgan fingerprint density at radius 3 is 2.81 bits per heavy atom.